The van der Waals surface area contributed by atoms with Crippen molar-refractivity contribution in [2.45, 2.75) is 56.8 Å². The van der Waals surface area contributed by atoms with Crippen molar-refractivity contribution in [1.82, 2.24) is 34.3 Å². The highest BCUT2D eigenvalue weighted by Crippen LogP contribution is 2.40. The molecule has 15 heteroatoms. The number of carbonyl (C=O) groups is 1. The van der Waals surface area contributed by atoms with Gasteiger partial charge in [0.1, 0.15) is 23.9 Å². The molecule has 1 aliphatic carbocycles. The van der Waals surface area contributed by atoms with Gasteiger partial charge in [-0.05, 0) is 38.7 Å². The number of anilines is 2. The van der Waals surface area contributed by atoms with Crippen LogP contribution in [0.3, 0.4) is 0 Å². The summed E-state index contributed by atoms with van der Waals surface area (Å²) in [5, 5.41) is 11.9. The number of pyridine rings is 1. The van der Waals surface area contributed by atoms with Crippen LogP contribution in [0.5, 0.6) is 0 Å². The van der Waals surface area contributed by atoms with Crippen LogP contribution in [0.2, 0.25) is 0 Å². The molecule has 1 atom stereocenters. The second-order valence-electron chi connectivity index (χ2n) is 10.2. The lowest BCUT2D eigenvalue weighted by molar-refractivity contribution is -0.162. The fourth-order valence-electron chi connectivity index (χ4n) is 4.86. The van der Waals surface area contributed by atoms with Crippen LogP contribution in [0, 0.1) is 0 Å². The van der Waals surface area contributed by atoms with E-state index in [4.69, 9.17) is 4.74 Å². The SMILES string of the molecule is COC1CCN(c2cnc(C(=O)Nc3csc(-c4nncn4C(C)C(F)(F)F)n3)cc2-n2cnc(C3CC3)c2)CC1. The molecule has 1 saturated heterocycles. The smallest absolute Gasteiger partial charge is 0.381 e. The lowest BCUT2D eigenvalue weighted by Crippen LogP contribution is -2.37. The van der Waals surface area contributed by atoms with Crippen LogP contribution in [0.1, 0.15) is 60.7 Å². The number of rotatable bonds is 8. The minimum absolute atomic E-state index is 0.0334. The van der Waals surface area contributed by atoms with E-state index in [2.05, 4.69) is 35.4 Å². The zero-order chi connectivity index (χ0) is 28.7. The molecule has 0 spiro atoms. The molecule has 1 saturated carbocycles. The average Bonchev–Trinajstić information content (AvgIpc) is 3.32. The predicted octanol–water partition coefficient (Wildman–Crippen LogP) is 4.85. The van der Waals surface area contributed by atoms with E-state index in [0.717, 1.165) is 85.0 Å². The van der Waals surface area contributed by atoms with Gasteiger partial charge in [-0.15, -0.1) is 21.5 Å². The highest BCUT2D eigenvalue weighted by atomic mass is 32.1. The van der Waals surface area contributed by atoms with Gasteiger partial charge in [-0.1, -0.05) is 0 Å². The third-order valence-electron chi connectivity index (χ3n) is 7.49. The number of piperidine rings is 1. The predicted molar refractivity (Wildman–Crippen MR) is 145 cm³/mol. The normalized spacial score (nSPS) is 17.1. The van der Waals surface area contributed by atoms with Crippen LogP contribution >= 0.6 is 11.3 Å². The molecule has 4 aromatic heterocycles. The fraction of sp³-hybridized carbons (Fsp3) is 0.462. The second-order valence-corrected chi connectivity index (χ2v) is 11.1. The molecule has 0 radical (unpaired) electrons. The molecule has 6 rings (SSSR count). The molecule has 1 aliphatic heterocycles. The van der Waals surface area contributed by atoms with Gasteiger partial charge >= 0.3 is 6.18 Å². The summed E-state index contributed by atoms with van der Waals surface area (Å²) in [6.07, 6.45) is 6.24. The number of hydrogen-bond donors (Lipinski definition) is 1. The van der Waals surface area contributed by atoms with Gasteiger partial charge < -0.3 is 19.5 Å². The molecule has 11 nitrogen and oxygen atoms in total. The highest BCUT2D eigenvalue weighted by Gasteiger charge is 2.39. The van der Waals surface area contributed by atoms with Gasteiger partial charge in [0.25, 0.3) is 5.91 Å². The van der Waals surface area contributed by atoms with E-state index in [-0.39, 0.29) is 28.4 Å². The standard InChI is InChI=1S/C26H28F3N9O2S/c1-15(26(27,28)29)38-14-32-35-23(38)25-34-22(12-41-25)33-24(39)18-9-20(37-11-19(31-13-37)16-3-4-16)21(10-30-18)36-7-5-17(40-2)6-8-36/h9-17H,3-8H2,1-2H3,(H,33,39). The van der Waals surface area contributed by atoms with Gasteiger partial charge in [-0.2, -0.15) is 13.2 Å². The Kier molecular flexibility index (Phi) is 7.23. The molecule has 2 aliphatic rings. The highest BCUT2D eigenvalue weighted by molar-refractivity contribution is 7.13. The first-order valence-corrected chi connectivity index (χ1v) is 14.1. The van der Waals surface area contributed by atoms with Crippen molar-refractivity contribution in [3.05, 3.63) is 47.9 Å². The van der Waals surface area contributed by atoms with Crippen molar-refractivity contribution >= 4 is 28.7 Å². The number of aromatic nitrogens is 7. The van der Waals surface area contributed by atoms with E-state index in [0.29, 0.717) is 5.92 Å². The Labute approximate surface area is 237 Å². The lowest BCUT2D eigenvalue weighted by atomic mass is 10.1. The first-order chi connectivity index (χ1) is 19.7. The number of methoxy groups -OCH3 is 1. The third-order valence-corrected chi connectivity index (χ3v) is 8.33. The van der Waals surface area contributed by atoms with Crippen molar-refractivity contribution in [3.8, 4) is 16.5 Å². The zero-order valence-electron chi connectivity index (χ0n) is 22.4. The van der Waals surface area contributed by atoms with Crippen LogP contribution in [-0.4, -0.2) is 72.7 Å². The van der Waals surface area contributed by atoms with Crippen molar-refractivity contribution in [1.29, 1.82) is 0 Å². The number of hydrogen-bond acceptors (Lipinski definition) is 9. The Balaban J connectivity index is 1.25. The van der Waals surface area contributed by atoms with Crippen molar-refractivity contribution in [2.75, 3.05) is 30.4 Å². The third kappa shape index (κ3) is 5.68. The molecule has 1 unspecified atom stereocenters. The van der Waals surface area contributed by atoms with E-state index in [1.807, 2.05) is 10.8 Å². The van der Waals surface area contributed by atoms with Gasteiger partial charge in [0.2, 0.25) is 0 Å². The first kappa shape index (κ1) is 27.3. The Hall–Kier alpha value is -3.85. The number of carbonyl (C=O) groups excluding carboxylic acids is 1. The average molecular weight is 588 g/mol. The van der Waals surface area contributed by atoms with Crippen LogP contribution in [0.4, 0.5) is 24.7 Å². The first-order valence-electron chi connectivity index (χ1n) is 13.3. The number of ether oxygens (including phenoxy) is 1. The summed E-state index contributed by atoms with van der Waals surface area (Å²) in [7, 11) is 1.73. The van der Waals surface area contributed by atoms with E-state index in [1.54, 1.807) is 25.7 Å². The Morgan fingerprint density at radius 3 is 2.63 bits per heavy atom. The largest absolute Gasteiger partial charge is 0.408 e. The minimum atomic E-state index is -4.48. The van der Waals surface area contributed by atoms with Crippen molar-refractivity contribution in [3.63, 3.8) is 0 Å². The maximum absolute atomic E-state index is 13.3. The quantitative estimate of drug-likeness (QED) is 0.311. The monoisotopic (exact) mass is 587 g/mol. The second kappa shape index (κ2) is 10.9. The number of alkyl halides is 3. The number of halogens is 3. The van der Waals surface area contributed by atoms with E-state index < -0.39 is 18.1 Å². The lowest BCUT2D eigenvalue weighted by Gasteiger charge is -2.34. The molecule has 216 valence electrons. The molecule has 1 amide bonds. The molecule has 2 fully saturated rings. The Morgan fingerprint density at radius 1 is 1.15 bits per heavy atom. The van der Waals surface area contributed by atoms with Gasteiger partial charge in [0, 0.05) is 37.7 Å². The molecule has 1 N–H and O–H groups in total. The fourth-order valence-corrected chi connectivity index (χ4v) is 5.59. The molecule has 41 heavy (non-hydrogen) atoms. The topological polar surface area (TPSA) is 116 Å². The van der Waals surface area contributed by atoms with Gasteiger partial charge in [0.05, 0.1) is 35.7 Å². The number of imidazole rings is 1. The molecular weight excluding hydrogens is 559 g/mol. The number of thiazole rings is 1. The van der Waals surface area contributed by atoms with Gasteiger partial charge in [0.15, 0.2) is 10.8 Å². The number of nitrogens with one attached hydrogen (secondary N) is 1. The molecular formula is C26H28F3N9O2S. The van der Waals surface area contributed by atoms with E-state index in [9.17, 15) is 18.0 Å². The van der Waals surface area contributed by atoms with Gasteiger partial charge in [-0.3, -0.25) is 9.36 Å². The molecule has 5 heterocycles. The summed E-state index contributed by atoms with van der Waals surface area (Å²) >= 11 is 1.06. The zero-order valence-corrected chi connectivity index (χ0v) is 23.2. The maximum Gasteiger partial charge on any atom is 0.408 e. The summed E-state index contributed by atoms with van der Waals surface area (Å²) in [6.45, 7) is 2.61. The maximum atomic E-state index is 13.3. The van der Waals surface area contributed by atoms with E-state index >= 15 is 0 Å². The summed E-state index contributed by atoms with van der Waals surface area (Å²) in [5.41, 5.74) is 2.87. The van der Waals surface area contributed by atoms with Gasteiger partial charge in [-0.25, -0.2) is 15.0 Å². The minimum Gasteiger partial charge on any atom is -0.381 e. The summed E-state index contributed by atoms with van der Waals surface area (Å²) in [5.74, 6) is 0.122. The molecule has 4 aromatic rings. The summed E-state index contributed by atoms with van der Waals surface area (Å²) in [4.78, 5) is 28.8. The van der Waals surface area contributed by atoms with Crippen molar-refractivity contribution < 1.29 is 22.7 Å². The molecule has 0 bridgehead atoms. The summed E-state index contributed by atoms with van der Waals surface area (Å²) < 4.78 is 48.2. The Morgan fingerprint density at radius 2 is 1.93 bits per heavy atom. The summed E-state index contributed by atoms with van der Waals surface area (Å²) in [6, 6.07) is -0.111. The molecule has 0 aromatic carbocycles. The van der Waals surface area contributed by atoms with E-state index in [1.165, 1.54) is 5.38 Å². The number of amides is 1. The van der Waals surface area contributed by atoms with Crippen LogP contribution in [0.15, 0.2) is 36.5 Å². The Bertz CT molecular complexity index is 1540. The van der Waals surface area contributed by atoms with Crippen LogP contribution < -0.4 is 10.2 Å². The van der Waals surface area contributed by atoms with Crippen LogP contribution in [0.25, 0.3) is 16.5 Å². The van der Waals surface area contributed by atoms with Crippen LogP contribution in [-0.2, 0) is 4.74 Å². The number of nitrogens with zero attached hydrogens (tertiary/aromatic N) is 8. The van der Waals surface area contributed by atoms with Crippen molar-refractivity contribution in [2.24, 2.45) is 0 Å².